The van der Waals surface area contributed by atoms with Crippen LogP contribution < -0.4 is 0 Å². The third-order valence-corrected chi connectivity index (χ3v) is 2.68. The molecule has 0 aliphatic heterocycles. The number of halogens is 1. The Kier molecular flexibility index (Phi) is 8.17. The number of alkyl halides is 1. The Morgan fingerprint density at radius 2 is 2.30 bits per heavy atom. The number of aliphatic hydroxyl groups is 1. The first-order valence-corrected chi connectivity index (χ1v) is 5.32. The summed E-state index contributed by atoms with van der Waals surface area (Å²) in [7, 11) is 0. The van der Waals surface area contributed by atoms with Crippen LogP contribution in [0.1, 0.15) is 19.8 Å². The average molecular weight is 183 g/mol. The van der Waals surface area contributed by atoms with Crippen LogP contribution in [-0.2, 0) is 0 Å². The van der Waals surface area contributed by atoms with Gasteiger partial charge in [0.15, 0.2) is 0 Å². The highest BCUT2D eigenvalue weighted by molar-refractivity contribution is 7.99. The highest BCUT2D eigenvalue weighted by Crippen LogP contribution is 2.06. The van der Waals surface area contributed by atoms with Crippen molar-refractivity contribution < 1.29 is 5.11 Å². The molecule has 62 valence electrons. The lowest BCUT2D eigenvalue weighted by Crippen LogP contribution is -2.11. The van der Waals surface area contributed by atoms with E-state index in [2.05, 4.69) is 6.92 Å². The SMILES string of the molecule is CCCCSCC(O)CCl. The molecule has 1 unspecified atom stereocenters. The van der Waals surface area contributed by atoms with Crippen molar-refractivity contribution in [3.63, 3.8) is 0 Å². The predicted octanol–water partition coefficient (Wildman–Crippen LogP) is 2.12. The van der Waals surface area contributed by atoms with Crippen LogP contribution in [0.25, 0.3) is 0 Å². The number of aliphatic hydroxyl groups excluding tert-OH is 1. The highest BCUT2D eigenvalue weighted by Gasteiger charge is 1.99. The molecule has 0 aliphatic carbocycles. The fourth-order valence-electron chi connectivity index (χ4n) is 0.510. The van der Waals surface area contributed by atoms with E-state index in [1.807, 2.05) is 0 Å². The molecule has 0 radical (unpaired) electrons. The molecule has 0 saturated heterocycles. The van der Waals surface area contributed by atoms with Crippen LogP contribution >= 0.6 is 23.4 Å². The third kappa shape index (κ3) is 6.72. The van der Waals surface area contributed by atoms with Crippen molar-refractivity contribution in [3.05, 3.63) is 0 Å². The summed E-state index contributed by atoms with van der Waals surface area (Å²) >= 11 is 7.18. The minimum Gasteiger partial charge on any atom is -0.391 e. The Hall–Kier alpha value is 0.600. The molecular weight excluding hydrogens is 168 g/mol. The zero-order chi connectivity index (χ0) is 7.82. The maximum Gasteiger partial charge on any atom is 0.0765 e. The number of unbranched alkanes of at least 4 members (excludes halogenated alkanes) is 1. The van der Waals surface area contributed by atoms with Crippen molar-refractivity contribution in [3.8, 4) is 0 Å². The van der Waals surface area contributed by atoms with Crippen molar-refractivity contribution in [1.82, 2.24) is 0 Å². The summed E-state index contributed by atoms with van der Waals surface area (Å²) in [4.78, 5) is 0. The first kappa shape index (κ1) is 10.6. The van der Waals surface area contributed by atoms with Gasteiger partial charge in [-0.2, -0.15) is 11.8 Å². The second-order valence-corrected chi connectivity index (χ2v) is 3.70. The van der Waals surface area contributed by atoms with Gasteiger partial charge in [-0.05, 0) is 12.2 Å². The zero-order valence-electron chi connectivity index (χ0n) is 6.35. The second-order valence-electron chi connectivity index (χ2n) is 2.24. The molecule has 1 N–H and O–H groups in total. The van der Waals surface area contributed by atoms with Crippen molar-refractivity contribution in [2.24, 2.45) is 0 Å². The molecule has 10 heavy (non-hydrogen) atoms. The quantitative estimate of drug-likeness (QED) is 0.502. The summed E-state index contributed by atoms with van der Waals surface area (Å²) in [5, 5.41) is 9.00. The van der Waals surface area contributed by atoms with Gasteiger partial charge in [0, 0.05) is 11.6 Å². The van der Waals surface area contributed by atoms with Gasteiger partial charge in [-0.25, -0.2) is 0 Å². The van der Waals surface area contributed by atoms with Gasteiger partial charge in [-0.15, -0.1) is 11.6 Å². The van der Waals surface area contributed by atoms with E-state index in [1.165, 1.54) is 12.8 Å². The zero-order valence-corrected chi connectivity index (χ0v) is 7.92. The van der Waals surface area contributed by atoms with Crippen molar-refractivity contribution in [2.75, 3.05) is 17.4 Å². The molecule has 0 aromatic heterocycles. The summed E-state index contributed by atoms with van der Waals surface area (Å²) in [5.74, 6) is 2.28. The van der Waals surface area contributed by atoms with Crippen LogP contribution in [0.3, 0.4) is 0 Å². The normalized spacial score (nSPS) is 13.5. The van der Waals surface area contributed by atoms with Crippen molar-refractivity contribution in [2.45, 2.75) is 25.9 Å². The molecule has 0 aromatic rings. The van der Waals surface area contributed by atoms with Gasteiger partial charge >= 0.3 is 0 Å². The number of hydrogen-bond acceptors (Lipinski definition) is 2. The van der Waals surface area contributed by atoms with Crippen LogP contribution in [0.5, 0.6) is 0 Å². The number of thioether (sulfide) groups is 1. The van der Waals surface area contributed by atoms with E-state index in [-0.39, 0.29) is 6.10 Å². The lowest BCUT2D eigenvalue weighted by Gasteiger charge is -2.04. The summed E-state index contributed by atoms with van der Waals surface area (Å²) in [5.41, 5.74) is 0. The van der Waals surface area contributed by atoms with E-state index in [9.17, 15) is 0 Å². The Bertz CT molecular complexity index is 70.6. The molecule has 0 fully saturated rings. The van der Waals surface area contributed by atoms with Gasteiger partial charge in [-0.1, -0.05) is 13.3 Å². The van der Waals surface area contributed by atoms with Crippen molar-refractivity contribution >= 4 is 23.4 Å². The Balaban J connectivity index is 2.89. The molecule has 1 atom stereocenters. The van der Waals surface area contributed by atoms with Crippen molar-refractivity contribution in [1.29, 1.82) is 0 Å². The summed E-state index contributed by atoms with van der Waals surface area (Å²) in [6.45, 7) is 2.17. The van der Waals surface area contributed by atoms with Gasteiger partial charge in [0.05, 0.1) is 6.10 Å². The minimum atomic E-state index is -0.316. The monoisotopic (exact) mass is 182 g/mol. The molecular formula is C7H15ClOS. The molecule has 0 aromatic carbocycles. The summed E-state index contributed by atoms with van der Waals surface area (Å²) < 4.78 is 0. The number of rotatable bonds is 6. The fourth-order valence-corrected chi connectivity index (χ4v) is 1.80. The molecule has 0 heterocycles. The minimum absolute atomic E-state index is 0.316. The number of hydrogen-bond donors (Lipinski definition) is 1. The van der Waals surface area contributed by atoms with E-state index < -0.39 is 0 Å². The third-order valence-electron chi connectivity index (χ3n) is 1.13. The molecule has 3 heteroatoms. The first-order chi connectivity index (χ1) is 4.81. The van der Waals surface area contributed by atoms with E-state index in [0.717, 1.165) is 11.5 Å². The van der Waals surface area contributed by atoms with Gasteiger partial charge < -0.3 is 5.11 Å². The Morgan fingerprint density at radius 1 is 1.60 bits per heavy atom. The smallest absolute Gasteiger partial charge is 0.0765 e. The van der Waals surface area contributed by atoms with Gasteiger partial charge in [0.25, 0.3) is 0 Å². The average Bonchev–Trinajstić information content (AvgIpc) is 1.98. The standard InChI is InChI=1S/C7H15ClOS/c1-2-3-4-10-6-7(9)5-8/h7,9H,2-6H2,1H3. The molecule has 1 nitrogen and oxygen atoms in total. The second kappa shape index (κ2) is 7.70. The molecule has 0 rings (SSSR count). The summed E-state index contributed by atoms with van der Waals surface area (Å²) in [6.07, 6.45) is 2.15. The maximum atomic E-state index is 9.00. The lowest BCUT2D eigenvalue weighted by molar-refractivity contribution is 0.223. The van der Waals surface area contributed by atoms with Crippen LogP contribution in [0.15, 0.2) is 0 Å². The Morgan fingerprint density at radius 3 is 2.80 bits per heavy atom. The maximum absolute atomic E-state index is 9.00. The lowest BCUT2D eigenvalue weighted by atomic mass is 10.4. The van der Waals surface area contributed by atoms with Crippen LogP contribution in [0.4, 0.5) is 0 Å². The van der Waals surface area contributed by atoms with E-state index in [0.29, 0.717) is 5.88 Å². The molecule has 0 aliphatic rings. The van der Waals surface area contributed by atoms with Crippen LogP contribution in [-0.4, -0.2) is 28.6 Å². The topological polar surface area (TPSA) is 20.2 Å². The molecule has 0 spiro atoms. The highest BCUT2D eigenvalue weighted by atomic mass is 35.5. The first-order valence-electron chi connectivity index (χ1n) is 3.63. The van der Waals surface area contributed by atoms with Gasteiger partial charge in [0.1, 0.15) is 0 Å². The summed E-state index contributed by atoms with van der Waals surface area (Å²) in [6, 6.07) is 0. The van der Waals surface area contributed by atoms with Gasteiger partial charge in [0.2, 0.25) is 0 Å². The van der Waals surface area contributed by atoms with Crippen LogP contribution in [0.2, 0.25) is 0 Å². The molecule has 0 amide bonds. The predicted molar refractivity (Wildman–Crippen MR) is 49.0 cm³/mol. The Labute approximate surface area is 72.1 Å². The fraction of sp³-hybridized carbons (Fsp3) is 1.00. The van der Waals surface area contributed by atoms with E-state index >= 15 is 0 Å². The van der Waals surface area contributed by atoms with E-state index in [4.69, 9.17) is 16.7 Å². The molecule has 0 bridgehead atoms. The van der Waals surface area contributed by atoms with Crippen LogP contribution in [0, 0.1) is 0 Å². The largest absolute Gasteiger partial charge is 0.391 e. The van der Waals surface area contributed by atoms with E-state index in [1.54, 1.807) is 11.8 Å². The molecule has 0 saturated carbocycles. The van der Waals surface area contributed by atoms with Gasteiger partial charge in [-0.3, -0.25) is 0 Å².